The topological polar surface area (TPSA) is 53.1 Å². The molecule has 0 fully saturated rings. The van der Waals surface area contributed by atoms with Gasteiger partial charge in [-0.1, -0.05) is 0 Å². The molecule has 6 heteroatoms. The van der Waals surface area contributed by atoms with E-state index in [0.717, 1.165) is 6.20 Å². The molecule has 0 radical (unpaired) electrons. The molecule has 3 nitrogen and oxygen atoms in total. The zero-order valence-corrected chi connectivity index (χ0v) is 5.64. The number of pyridine rings is 1. The van der Waals surface area contributed by atoms with Crippen LogP contribution in [0.5, 0.6) is 5.75 Å². The van der Waals surface area contributed by atoms with Gasteiger partial charge in [-0.3, -0.25) is 4.79 Å². The summed E-state index contributed by atoms with van der Waals surface area (Å²) in [4.78, 5) is 12.4. The molecule has 1 aromatic rings. The molecule has 66 valence electrons. The summed E-state index contributed by atoms with van der Waals surface area (Å²) in [5.41, 5.74) is -2.48. The lowest BCUT2D eigenvalue weighted by molar-refractivity contribution is -0.138. The number of aromatic amines is 1. The van der Waals surface area contributed by atoms with Crippen molar-refractivity contribution in [3.05, 3.63) is 28.2 Å². The third-order valence-corrected chi connectivity index (χ3v) is 1.24. The molecule has 2 N–H and O–H groups in total. The van der Waals surface area contributed by atoms with Gasteiger partial charge in [0, 0.05) is 6.20 Å². The van der Waals surface area contributed by atoms with Gasteiger partial charge < -0.3 is 10.1 Å². The van der Waals surface area contributed by atoms with E-state index in [9.17, 15) is 18.0 Å². The molecule has 0 bridgehead atoms. The van der Waals surface area contributed by atoms with E-state index >= 15 is 0 Å². The van der Waals surface area contributed by atoms with Gasteiger partial charge in [-0.15, -0.1) is 0 Å². The van der Waals surface area contributed by atoms with Crippen molar-refractivity contribution >= 4 is 0 Å². The Bertz CT molecular complexity index is 341. The average molecular weight is 179 g/mol. The summed E-state index contributed by atoms with van der Waals surface area (Å²) in [6.07, 6.45) is -3.87. The van der Waals surface area contributed by atoms with E-state index in [2.05, 4.69) is 0 Å². The standard InChI is InChI=1S/C6H4F3NO2/c7-6(8,9)3-1-2-10-5(12)4(3)11/h1-2,11H,(H,10,12). The smallest absolute Gasteiger partial charge is 0.420 e. The Morgan fingerprint density at radius 1 is 1.42 bits per heavy atom. The van der Waals surface area contributed by atoms with Crippen molar-refractivity contribution < 1.29 is 18.3 Å². The fourth-order valence-corrected chi connectivity index (χ4v) is 0.699. The zero-order valence-electron chi connectivity index (χ0n) is 5.64. The van der Waals surface area contributed by atoms with E-state index in [1.807, 2.05) is 4.98 Å². The maximum atomic E-state index is 11.9. The van der Waals surface area contributed by atoms with Crippen LogP contribution in [0.4, 0.5) is 13.2 Å². The Morgan fingerprint density at radius 2 is 2.00 bits per heavy atom. The predicted molar refractivity (Wildman–Crippen MR) is 33.7 cm³/mol. The Kier molecular flexibility index (Phi) is 1.83. The minimum Gasteiger partial charge on any atom is -0.503 e. The van der Waals surface area contributed by atoms with E-state index in [-0.39, 0.29) is 0 Å². The van der Waals surface area contributed by atoms with Gasteiger partial charge in [-0.05, 0) is 6.07 Å². The quantitative estimate of drug-likeness (QED) is 0.626. The van der Waals surface area contributed by atoms with Crippen LogP contribution in [0.25, 0.3) is 0 Å². The molecular weight excluding hydrogens is 175 g/mol. The van der Waals surface area contributed by atoms with Gasteiger partial charge in [0.2, 0.25) is 0 Å². The normalized spacial score (nSPS) is 11.6. The summed E-state index contributed by atoms with van der Waals surface area (Å²) in [5.74, 6) is -1.30. The summed E-state index contributed by atoms with van der Waals surface area (Å²) < 4.78 is 35.7. The molecule has 0 atom stereocenters. The van der Waals surface area contributed by atoms with Crippen LogP contribution in [0.3, 0.4) is 0 Å². The van der Waals surface area contributed by atoms with Crippen LogP contribution >= 0.6 is 0 Å². The predicted octanol–water partition coefficient (Wildman–Crippen LogP) is 1.10. The number of hydrogen-bond donors (Lipinski definition) is 2. The van der Waals surface area contributed by atoms with Gasteiger partial charge in [0.1, 0.15) is 5.56 Å². The largest absolute Gasteiger partial charge is 0.503 e. The average Bonchev–Trinajstić information content (AvgIpc) is 1.92. The van der Waals surface area contributed by atoms with Crippen molar-refractivity contribution in [3.63, 3.8) is 0 Å². The second kappa shape index (κ2) is 2.54. The van der Waals surface area contributed by atoms with Crippen molar-refractivity contribution in [2.45, 2.75) is 6.18 Å². The Hall–Kier alpha value is -1.46. The van der Waals surface area contributed by atoms with Gasteiger partial charge in [0.05, 0.1) is 0 Å². The first kappa shape index (κ1) is 8.63. The van der Waals surface area contributed by atoms with E-state index in [0.29, 0.717) is 6.07 Å². The number of aromatic nitrogens is 1. The van der Waals surface area contributed by atoms with Crippen molar-refractivity contribution in [1.82, 2.24) is 4.98 Å². The van der Waals surface area contributed by atoms with Crippen molar-refractivity contribution in [1.29, 1.82) is 0 Å². The van der Waals surface area contributed by atoms with Gasteiger partial charge in [0.15, 0.2) is 5.75 Å². The summed E-state index contributed by atoms with van der Waals surface area (Å²) in [6.45, 7) is 0. The number of aromatic hydroxyl groups is 1. The lowest BCUT2D eigenvalue weighted by atomic mass is 10.2. The summed E-state index contributed by atoms with van der Waals surface area (Å²) in [5, 5.41) is 8.67. The maximum absolute atomic E-state index is 11.9. The Labute approximate surface area is 64.5 Å². The number of nitrogens with one attached hydrogen (secondary N) is 1. The van der Waals surface area contributed by atoms with Crippen molar-refractivity contribution in [2.24, 2.45) is 0 Å². The van der Waals surface area contributed by atoms with E-state index in [4.69, 9.17) is 5.11 Å². The van der Waals surface area contributed by atoms with Gasteiger partial charge in [-0.2, -0.15) is 13.2 Å². The first-order chi connectivity index (χ1) is 5.43. The lowest BCUT2D eigenvalue weighted by Gasteiger charge is -2.06. The molecule has 0 saturated carbocycles. The molecule has 1 aromatic heterocycles. The van der Waals surface area contributed by atoms with Crippen LogP contribution in [-0.4, -0.2) is 10.1 Å². The SMILES string of the molecule is O=c1[nH]ccc(C(F)(F)F)c1O. The minimum atomic E-state index is -4.70. The molecule has 0 aliphatic rings. The van der Waals surface area contributed by atoms with Crippen molar-refractivity contribution in [3.8, 4) is 5.75 Å². The maximum Gasteiger partial charge on any atom is 0.420 e. The summed E-state index contributed by atoms with van der Waals surface area (Å²) in [6, 6.07) is 0.594. The molecule has 0 unspecified atom stereocenters. The molecule has 12 heavy (non-hydrogen) atoms. The monoisotopic (exact) mass is 179 g/mol. The van der Waals surface area contributed by atoms with Gasteiger partial charge in [0.25, 0.3) is 5.56 Å². The fraction of sp³-hybridized carbons (Fsp3) is 0.167. The molecule has 0 spiro atoms. The van der Waals surface area contributed by atoms with E-state index < -0.39 is 23.0 Å². The second-order valence-corrected chi connectivity index (χ2v) is 2.07. The Morgan fingerprint density at radius 3 is 2.42 bits per heavy atom. The molecule has 1 heterocycles. The highest BCUT2D eigenvalue weighted by Gasteiger charge is 2.34. The molecular formula is C6H4F3NO2. The van der Waals surface area contributed by atoms with Crippen LogP contribution in [0, 0.1) is 0 Å². The second-order valence-electron chi connectivity index (χ2n) is 2.07. The minimum absolute atomic E-state index is 0.594. The van der Waals surface area contributed by atoms with Crippen molar-refractivity contribution in [2.75, 3.05) is 0 Å². The highest BCUT2D eigenvalue weighted by Crippen LogP contribution is 2.32. The number of rotatable bonds is 0. The zero-order chi connectivity index (χ0) is 9.35. The number of H-pyrrole nitrogens is 1. The van der Waals surface area contributed by atoms with Crippen LogP contribution in [0.2, 0.25) is 0 Å². The lowest BCUT2D eigenvalue weighted by Crippen LogP contribution is -2.13. The highest BCUT2D eigenvalue weighted by atomic mass is 19.4. The van der Waals surface area contributed by atoms with Gasteiger partial charge >= 0.3 is 6.18 Å². The molecule has 1 rings (SSSR count). The van der Waals surface area contributed by atoms with Gasteiger partial charge in [-0.25, -0.2) is 0 Å². The third-order valence-electron chi connectivity index (χ3n) is 1.24. The molecule has 0 aromatic carbocycles. The van der Waals surface area contributed by atoms with Crippen LogP contribution in [0.15, 0.2) is 17.1 Å². The summed E-state index contributed by atoms with van der Waals surface area (Å²) >= 11 is 0. The number of hydrogen-bond acceptors (Lipinski definition) is 2. The first-order valence-electron chi connectivity index (χ1n) is 2.91. The number of alkyl halides is 3. The molecule has 0 aliphatic heterocycles. The van der Waals surface area contributed by atoms with Crippen LogP contribution in [-0.2, 0) is 6.18 Å². The fourth-order valence-electron chi connectivity index (χ4n) is 0.699. The van der Waals surface area contributed by atoms with Crippen LogP contribution < -0.4 is 5.56 Å². The molecule has 0 amide bonds. The van der Waals surface area contributed by atoms with E-state index in [1.165, 1.54) is 0 Å². The number of halogens is 3. The van der Waals surface area contributed by atoms with Crippen LogP contribution in [0.1, 0.15) is 5.56 Å². The first-order valence-corrected chi connectivity index (χ1v) is 2.91. The molecule has 0 aliphatic carbocycles. The third kappa shape index (κ3) is 1.41. The highest BCUT2D eigenvalue weighted by molar-refractivity contribution is 5.30. The Balaban J connectivity index is 3.36. The van der Waals surface area contributed by atoms with E-state index in [1.54, 1.807) is 0 Å². The molecule has 0 saturated heterocycles. The summed E-state index contributed by atoms with van der Waals surface area (Å²) in [7, 11) is 0.